The van der Waals surface area contributed by atoms with Crippen LogP contribution in [0.1, 0.15) is 33.3 Å². The van der Waals surface area contributed by atoms with Gasteiger partial charge in [0.05, 0.1) is 0 Å². The molecular formula is C17H28N2O2. The Hall–Kier alpha value is -1.55. The quantitative estimate of drug-likeness (QED) is 0.875. The zero-order valence-electron chi connectivity index (χ0n) is 14.1. The van der Waals surface area contributed by atoms with Crippen LogP contribution < -0.4 is 10.1 Å². The molecule has 1 aromatic rings. The first-order chi connectivity index (χ1) is 9.75. The number of ether oxygens (including phenoxy) is 1. The standard InChI is InChI=1S/C17H28N2O2/c1-13(16(20)19(6)12-11-18-5)21-15-9-7-14(8-10-15)17(2,3)4/h7-10,13,18H,11-12H2,1-6H3. The number of hydrogen-bond donors (Lipinski definition) is 1. The topological polar surface area (TPSA) is 41.6 Å². The van der Waals surface area contributed by atoms with Gasteiger partial charge in [0.1, 0.15) is 5.75 Å². The summed E-state index contributed by atoms with van der Waals surface area (Å²) in [4.78, 5) is 13.8. The zero-order chi connectivity index (χ0) is 16.0. The Kier molecular flexibility index (Phi) is 6.21. The van der Waals surface area contributed by atoms with Gasteiger partial charge in [-0.1, -0.05) is 32.9 Å². The normalized spacial score (nSPS) is 12.9. The number of hydrogen-bond acceptors (Lipinski definition) is 3. The molecule has 0 saturated heterocycles. The Morgan fingerprint density at radius 3 is 2.33 bits per heavy atom. The molecule has 0 aliphatic heterocycles. The smallest absolute Gasteiger partial charge is 0.263 e. The van der Waals surface area contributed by atoms with Gasteiger partial charge in [0.25, 0.3) is 5.91 Å². The number of carbonyl (C=O) groups is 1. The maximum Gasteiger partial charge on any atom is 0.263 e. The zero-order valence-corrected chi connectivity index (χ0v) is 14.1. The first kappa shape index (κ1) is 17.5. The number of benzene rings is 1. The Morgan fingerprint density at radius 1 is 1.29 bits per heavy atom. The van der Waals surface area contributed by atoms with Gasteiger partial charge in [-0.25, -0.2) is 0 Å². The van der Waals surface area contributed by atoms with Gasteiger partial charge in [-0.05, 0) is 37.1 Å². The van der Waals surface area contributed by atoms with Crippen molar-refractivity contribution in [2.24, 2.45) is 0 Å². The summed E-state index contributed by atoms with van der Waals surface area (Å²) in [7, 11) is 3.66. The number of nitrogens with one attached hydrogen (secondary N) is 1. The van der Waals surface area contributed by atoms with Crippen molar-refractivity contribution in [3.8, 4) is 5.75 Å². The first-order valence-electron chi connectivity index (χ1n) is 7.42. The highest BCUT2D eigenvalue weighted by atomic mass is 16.5. The average Bonchev–Trinajstić information content (AvgIpc) is 2.43. The summed E-state index contributed by atoms with van der Waals surface area (Å²) in [5.41, 5.74) is 1.37. The maximum atomic E-state index is 12.2. The highest BCUT2D eigenvalue weighted by Crippen LogP contribution is 2.24. The van der Waals surface area contributed by atoms with Crippen LogP contribution in [0, 0.1) is 0 Å². The van der Waals surface area contributed by atoms with E-state index in [0.717, 1.165) is 12.3 Å². The van der Waals surface area contributed by atoms with Crippen molar-refractivity contribution in [3.05, 3.63) is 29.8 Å². The Bertz CT molecular complexity index is 449. The van der Waals surface area contributed by atoms with Gasteiger partial charge in [-0.3, -0.25) is 4.79 Å². The van der Waals surface area contributed by atoms with Crippen LogP contribution in [0.4, 0.5) is 0 Å². The summed E-state index contributed by atoms with van der Waals surface area (Å²) in [6, 6.07) is 7.96. The third-order valence-corrected chi connectivity index (χ3v) is 3.45. The molecule has 1 aromatic carbocycles. The van der Waals surface area contributed by atoms with Crippen molar-refractivity contribution in [3.63, 3.8) is 0 Å². The fourth-order valence-corrected chi connectivity index (χ4v) is 1.99. The molecule has 1 N–H and O–H groups in total. The molecule has 0 aliphatic carbocycles. The van der Waals surface area contributed by atoms with Crippen LogP contribution in [0.25, 0.3) is 0 Å². The number of rotatable bonds is 6. The molecule has 0 bridgehead atoms. The SMILES string of the molecule is CNCCN(C)C(=O)C(C)Oc1ccc(C(C)(C)C)cc1. The summed E-state index contributed by atoms with van der Waals surface area (Å²) < 4.78 is 5.73. The molecule has 1 amide bonds. The van der Waals surface area contributed by atoms with Crippen molar-refractivity contribution in [2.45, 2.75) is 39.2 Å². The second-order valence-electron chi connectivity index (χ2n) is 6.40. The number of likely N-dealkylation sites (N-methyl/N-ethyl adjacent to an activating group) is 2. The number of nitrogens with zero attached hydrogens (tertiary/aromatic N) is 1. The van der Waals surface area contributed by atoms with Crippen molar-refractivity contribution in [2.75, 3.05) is 27.2 Å². The van der Waals surface area contributed by atoms with Crippen molar-refractivity contribution >= 4 is 5.91 Å². The van der Waals surface area contributed by atoms with Crippen LogP contribution in [0.2, 0.25) is 0 Å². The Balaban J connectivity index is 2.62. The lowest BCUT2D eigenvalue weighted by Gasteiger charge is -2.23. The van der Waals surface area contributed by atoms with E-state index >= 15 is 0 Å². The molecule has 0 radical (unpaired) electrons. The van der Waals surface area contributed by atoms with Gasteiger partial charge in [0, 0.05) is 20.1 Å². The van der Waals surface area contributed by atoms with E-state index in [1.807, 2.05) is 19.2 Å². The van der Waals surface area contributed by atoms with Crippen LogP contribution >= 0.6 is 0 Å². The molecule has 21 heavy (non-hydrogen) atoms. The van der Waals surface area contributed by atoms with E-state index in [4.69, 9.17) is 4.74 Å². The van der Waals surface area contributed by atoms with Gasteiger partial charge in [-0.2, -0.15) is 0 Å². The average molecular weight is 292 g/mol. The molecule has 4 heteroatoms. The molecule has 0 saturated carbocycles. The molecule has 4 nitrogen and oxygen atoms in total. The van der Waals surface area contributed by atoms with E-state index in [9.17, 15) is 4.79 Å². The molecule has 0 aliphatic rings. The molecule has 1 rings (SSSR count). The van der Waals surface area contributed by atoms with Crippen LogP contribution in [0.3, 0.4) is 0 Å². The number of carbonyl (C=O) groups excluding carboxylic acids is 1. The minimum atomic E-state index is -0.479. The lowest BCUT2D eigenvalue weighted by atomic mass is 9.87. The lowest BCUT2D eigenvalue weighted by Crippen LogP contribution is -2.40. The van der Waals surface area contributed by atoms with E-state index in [2.05, 4.69) is 38.2 Å². The highest BCUT2D eigenvalue weighted by molar-refractivity contribution is 5.80. The molecule has 0 aromatic heterocycles. The molecule has 1 atom stereocenters. The second kappa shape index (κ2) is 7.46. The Labute approximate surface area is 128 Å². The van der Waals surface area contributed by atoms with Gasteiger partial charge < -0.3 is 15.0 Å². The van der Waals surface area contributed by atoms with Gasteiger partial charge in [0.15, 0.2) is 6.10 Å². The minimum Gasteiger partial charge on any atom is -0.481 e. The van der Waals surface area contributed by atoms with Gasteiger partial charge >= 0.3 is 0 Å². The predicted molar refractivity (Wildman–Crippen MR) is 86.8 cm³/mol. The van der Waals surface area contributed by atoms with Crippen molar-refractivity contribution in [1.29, 1.82) is 0 Å². The largest absolute Gasteiger partial charge is 0.481 e. The maximum absolute atomic E-state index is 12.2. The van der Waals surface area contributed by atoms with Gasteiger partial charge in [0.2, 0.25) is 0 Å². The van der Waals surface area contributed by atoms with Crippen molar-refractivity contribution < 1.29 is 9.53 Å². The fraction of sp³-hybridized carbons (Fsp3) is 0.588. The first-order valence-corrected chi connectivity index (χ1v) is 7.42. The van der Waals surface area contributed by atoms with Crippen LogP contribution in [0.15, 0.2) is 24.3 Å². The fourth-order valence-electron chi connectivity index (χ4n) is 1.99. The molecule has 0 spiro atoms. The molecule has 118 valence electrons. The summed E-state index contributed by atoms with van der Waals surface area (Å²) in [5, 5.41) is 3.03. The van der Waals surface area contributed by atoms with E-state index in [1.54, 1.807) is 18.9 Å². The highest BCUT2D eigenvalue weighted by Gasteiger charge is 2.19. The summed E-state index contributed by atoms with van der Waals surface area (Å²) >= 11 is 0. The summed E-state index contributed by atoms with van der Waals surface area (Å²) in [5.74, 6) is 0.719. The molecule has 1 unspecified atom stereocenters. The third-order valence-electron chi connectivity index (χ3n) is 3.45. The minimum absolute atomic E-state index is 0.00912. The van der Waals surface area contributed by atoms with Crippen LogP contribution in [-0.4, -0.2) is 44.1 Å². The molecule has 0 heterocycles. The van der Waals surface area contributed by atoms with Crippen LogP contribution in [-0.2, 0) is 10.2 Å². The van der Waals surface area contributed by atoms with E-state index < -0.39 is 6.10 Å². The van der Waals surface area contributed by atoms with Crippen molar-refractivity contribution in [1.82, 2.24) is 10.2 Å². The number of amides is 1. The molecular weight excluding hydrogens is 264 g/mol. The summed E-state index contributed by atoms with van der Waals surface area (Å²) in [6.07, 6.45) is -0.479. The molecule has 0 fully saturated rings. The van der Waals surface area contributed by atoms with E-state index in [0.29, 0.717) is 6.54 Å². The van der Waals surface area contributed by atoms with Gasteiger partial charge in [-0.15, -0.1) is 0 Å². The van der Waals surface area contributed by atoms with Crippen LogP contribution in [0.5, 0.6) is 5.75 Å². The monoisotopic (exact) mass is 292 g/mol. The summed E-state index contributed by atoms with van der Waals surface area (Å²) in [6.45, 7) is 9.75. The Morgan fingerprint density at radius 2 is 1.86 bits per heavy atom. The second-order valence-corrected chi connectivity index (χ2v) is 6.40. The lowest BCUT2D eigenvalue weighted by molar-refractivity contribution is -0.136. The third kappa shape index (κ3) is 5.38. The van der Waals surface area contributed by atoms with E-state index in [1.165, 1.54) is 5.56 Å². The van der Waals surface area contributed by atoms with E-state index in [-0.39, 0.29) is 11.3 Å². The predicted octanol–water partition coefficient (Wildman–Crippen LogP) is 2.43.